The van der Waals surface area contributed by atoms with Crippen LogP contribution < -0.4 is 5.73 Å². The van der Waals surface area contributed by atoms with Crippen LogP contribution in [0.5, 0.6) is 0 Å². The second kappa shape index (κ2) is 15.4. The van der Waals surface area contributed by atoms with E-state index in [0.717, 1.165) is 19.3 Å². The van der Waals surface area contributed by atoms with Gasteiger partial charge in [-0.15, -0.1) is 0 Å². The van der Waals surface area contributed by atoms with Crippen LogP contribution in [0.25, 0.3) is 0 Å². The number of halogens is 1. The van der Waals surface area contributed by atoms with Gasteiger partial charge < -0.3 is 29.4 Å². The Morgan fingerprint density at radius 3 is 2.03 bits per heavy atom. The van der Waals surface area contributed by atoms with E-state index in [1.807, 2.05) is 20.8 Å². The van der Waals surface area contributed by atoms with Crippen molar-refractivity contribution in [2.75, 3.05) is 26.4 Å². The fraction of sp³-hybridized carbons (Fsp3) is 0.963. The summed E-state index contributed by atoms with van der Waals surface area (Å²) in [7, 11) is 0. The molecule has 0 saturated heterocycles. The predicted molar refractivity (Wildman–Crippen MR) is 151 cm³/mol. The second-order valence-electron chi connectivity index (χ2n) is 11.7. The van der Waals surface area contributed by atoms with Crippen molar-refractivity contribution >= 4 is 28.6 Å². The molecule has 0 aliphatic rings. The summed E-state index contributed by atoms with van der Waals surface area (Å²) in [5.74, 6) is -0.205. The van der Waals surface area contributed by atoms with E-state index in [1.54, 1.807) is 6.92 Å². The largest absolute Gasteiger partial charge is 0.463 e. The van der Waals surface area contributed by atoms with Crippen LogP contribution in [0, 0.1) is 10.8 Å². The Morgan fingerprint density at radius 2 is 1.49 bits per heavy atom. The highest BCUT2D eigenvalue weighted by molar-refractivity contribution is 14.1. The molecule has 4 unspecified atom stereocenters. The van der Waals surface area contributed by atoms with Crippen molar-refractivity contribution in [1.82, 2.24) is 0 Å². The van der Waals surface area contributed by atoms with Crippen molar-refractivity contribution in [2.45, 2.75) is 129 Å². The summed E-state index contributed by atoms with van der Waals surface area (Å²) in [4.78, 5) is 11.2. The predicted octanol–water partition coefficient (Wildman–Crippen LogP) is 6.24. The third-order valence-corrected chi connectivity index (χ3v) is 8.65. The Bertz CT molecular complexity index is 606. The van der Waals surface area contributed by atoms with Crippen molar-refractivity contribution in [3.8, 4) is 0 Å². The highest BCUT2D eigenvalue weighted by Crippen LogP contribution is 2.44. The van der Waals surface area contributed by atoms with Gasteiger partial charge in [0.05, 0.1) is 31.0 Å². The standard InChI is InChI=1S/C27H54INO6/c1-12-23(30)32-17-18-33-26(9,10)14-16-34-27(11,28)25(7,8)19-20(2)35-21(3)24(5,6)13-15-31-22(4)29/h20-22H,12-19,29H2,1-11H3. The maximum absolute atomic E-state index is 11.2. The van der Waals surface area contributed by atoms with E-state index in [1.165, 1.54) is 0 Å². The Hall–Kier alpha value is -0.000000000000000125. The molecule has 7 nitrogen and oxygen atoms in total. The minimum absolute atomic E-state index is 0.0160. The van der Waals surface area contributed by atoms with Gasteiger partial charge >= 0.3 is 5.97 Å². The summed E-state index contributed by atoms with van der Waals surface area (Å²) in [5, 5.41) is 0. The Labute approximate surface area is 229 Å². The maximum atomic E-state index is 11.2. The minimum atomic E-state index is -0.376. The van der Waals surface area contributed by atoms with Crippen molar-refractivity contribution in [3.05, 3.63) is 0 Å². The van der Waals surface area contributed by atoms with E-state index in [-0.39, 0.29) is 51.1 Å². The molecule has 0 aliphatic heterocycles. The molecule has 4 atom stereocenters. The molecule has 0 bridgehead atoms. The lowest BCUT2D eigenvalue weighted by atomic mass is 9.81. The van der Waals surface area contributed by atoms with Crippen LogP contribution in [0.3, 0.4) is 0 Å². The van der Waals surface area contributed by atoms with E-state index < -0.39 is 0 Å². The first-order valence-corrected chi connectivity index (χ1v) is 14.1. The Kier molecular flexibility index (Phi) is 15.4. The zero-order chi connectivity index (χ0) is 27.5. The number of carbonyl (C=O) groups excluding carboxylic acids is 1. The first-order valence-electron chi connectivity index (χ1n) is 13.0. The van der Waals surface area contributed by atoms with E-state index in [4.69, 9.17) is 29.4 Å². The van der Waals surface area contributed by atoms with Crippen LogP contribution >= 0.6 is 22.6 Å². The highest BCUT2D eigenvalue weighted by Gasteiger charge is 2.42. The summed E-state index contributed by atoms with van der Waals surface area (Å²) in [5.41, 5.74) is 5.20. The molecule has 8 heteroatoms. The summed E-state index contributed by atoms with van der Waals surface area (Å²) in [6.45, 7) is 24.9. The second-order valence-corrected chi connectivity index (χ2v) is 13.7. The van der Waals surface area contributed by atoms with Gasteiger partial charge in [-0.3, -0.25) is 4.79 Å². The van der Waals surface area contributed by atoms with Crippen molar-refractivity contribution in [1.29, 1.82) is 0 Å². The van der Waals surface area contributed by atoms with Crippen molar-refractivity contribution < 1.29 is 28.5 Å². The molecule has 0 aromatic rings. The van der Waals surface area contributed by atoms with Gasteiger partial charge in [0.25, 0.3) is 0 Å². The number of nitrogens with two attached hydrogens (primary N) is 1. The molecule has 0 amide bonds. The van der Waals surface area contributed by atoms with Gasteiger partial charge in [0.2, 0.25) is 0 Å². The van der Waals surface area contributed by atoms with Gasteiger partial charge in [0.15, 0.2) is 0 Å². The van der Waals surface area contributed by atoms with Gasteiger partial charge in [0, 0.05) is 18.4 Å². The molecule has 0 rings (SSSR count). The fourth-order valence-corrected chi connectivity index (χ4v) is 3.96. The first kappa shape index (κ1) is 35.0. The SMILES string of the molecule is CCC(=O)OCCOC(C)(C)CCOC(C)(I)C(C)(C)CC(C)OC(C)C(C)(C)CCOC(C)N. The lowest BCUT2D eigenvalue weighted by Crippen LogP contribution is -2.43. The van der Waals surface area contributed by atoms with E-state index >= 15 is 0 Å². The molecule has 0 saturated carbocycles. The smallest absolute Gasteiger partial charge is 0.305 e. The first-order chi connectivity index (χ1) is 15.8. The summed E-state index contributed by atoms with van der Waals surface area (Å²) >= 11 is 2.42. The topological polar surface area (TPSA) is 89.2 Å². The van der Waals surface area contributed by atoms with Crippen molar-refractivity contribution in [2.24, 2.45) is 16.6 Å². The fourth-order valence-electron chi connectivity index (χ4n) is 3.52. The zero-order valence-corrected chi connectivity index (χ0v) is 26.5. The number of hydrogen-bond acceptors (Lipinski definition) is 7. The summed E-state index contributed by atoms with van der Waals surface area (Å²) in [6.07, 6.45) is 2.79. The molecule has 0 radical (unpaired) electrons. The monoisotopic (exact) mass is 615 g/mol. The summed E-state index contributed by atoms with van der Waals surface area (Å²) in [6, 6.07) is 0. The molecule has 0 aromatic heterocycles. The van der Waals surface area contributed by atoms with Crippen LogP contribution in [0.4, 0.5) is 0 Å². The quantitative estimate of drug-likeness (QED) is 0.0605. The lowest BCUT2D eigenvalue weighted by molar-refractivity contribution is -0.147. The molecule has 0 heterocycles. The van der Waals surface area contributed by atoms with Crippen molar-refractivity contribution in [3.63, 3.8) is 0 Å². The molecular formula is C27H54INO6. The molecule has 2 N–H and O–H groups in total. The average Bonchev–Trinajstić information content (AvgIpc) is 2.69. The van der Waals surface area contributed by atoms with Crippen LogP contribution in [0.15, 0.2) is 0 Å². The van der Waals surface area contributed by atoms with Gasteiger partial charge in [-0.05, 0) is 88.8 Å². The maximum Gasteiger partial charge on any atom is 0.305 e. The van der Waals surface area contributed by atoms with Crippen LogP contribution in [-0.2, 0) is 28.5 Å². The molecule has 0 fully saturated rings. The molecular weight excluding hydrogens is 561 g/mol. The number of carbonyl (C=O) groups is 1. The number of esters is 1. The molecule has 0 aliphatic carbocycles. The molecule has 35 heavy (non-hydrogen) atoms. The third kappa shape index (κ3) is 14.5. The number of hydrogen-bond donors (Lipinski definition) is 1. The van der Waals surface area contributed by atoms with Crippen LogP contribution in [-0.4, -0.2) is 60.0 Å². The average molecular weight is 616 g/mol. The molecule has 0 aromatic carbocycles. The Balaban J connectivity index is 4.65. The normalized spacial score (nSPS) is 17.5. The number of alkyl halides is 1. The summed E-state index contributed by atoms with van der Waals surface area (Å²) < 4.78 is 29.0. The molecule has 210 valence electrons. The van der Waals surface area contributed by atoms with E-state index in [0.29, 0.717) is 26.2 Å². The van der Waals surface area contributed by atoms with E-state index in [9.17, 15) is 4.79 Å². The van der Waals surface area contributed by atoms with Gasteiger partial charge in [-0.1, -0.05) is 34.6 Å². The van der Waals surface area contributed by atoms with E-state index in [2.05, 4.69) is 71.1 Å². The zero-order valence-electron chi connectivity index (χ0n) is 24.3. The van der Waals surface area contributed by atoms with Crippen LogP contribution in [0.1, 0.15) is 102 Å². The lowest BCUT2D eigenvalue weighted by Gasteiger charge is -2.43. The highest BCUT2D eigenvalue weighted by atomic mass is 127. The minimum Gasteiger partial charge on any atom is -0.463 e. The third-order valence-electron chi connectivity index (χ3n) is 6.88. The molecule has 0 spiro atoms. The Morgan fingerprint density at radius 1 is 0.886 bits per heavy atom. The van der Waals surface area contributed by atoms with Gasteiger partial charge in [0.1, 0.15) is 16.4 Å². The van der Waals surface area contributed by atoms with Gasteiger partial charge in [-0.2, -0.15) is 0 Å². The van der Waals surface area contributed by atoms with Crippen LogP contribution in [0.2, 0.25) is 0 Å². The number of rotatable bonds is 19. The number of ether oxygens (including phenoxy) is 5. The van der Waals surface area contributed by atoms with Gasteiger partial charge in [-0.25, -0.2) is 0 Å².